The van der Waals surface area contributed by atoms with Gasteiger partial charge < -0.3 is 15.2 Å². The number of aryl methyl sites for hydroxylation is 1. The van der Waals surface area contributed by atoms with Crippen LogP contribution in [0.15, 0.2) is 24.5 Å². The van der Waals surface area contributed by atoms with Crippen LogP contribution in [0.2, 0.25) is 0 Å². The number of anilines is 2. The summed E-state index contributed by atoms with van der Waals surface area (Å²) in [4.78, 5) is 13.6. The topological polar surface area (TPSA) is 56.8 Å². The van der Waals surface area contributed by atoms with Gasteiger partial charge in [-0.15, -0.1) is 0 Å². The van der Waals surface area contributed by atoms with E-state index in [1.165, 1.54) is 0 Å². The molecule has 0 aliphatic heterocycles. The highest BCUT2D eigenvalue weighted by Gasteiger charge is 1.99. The largest absolute Gasteiger partial charge is 0.378 e. The van der Waals surface area contributed by atoms with Crippen LogP contribution in [0.5, 0.6) is 0 Å². The number of imidazole rings is 1. The molecular formula is C12H17N5. The molecule has 0 bridgehead atoms. The van der Waals surface area contributed by atoms with Gasteiger partial charge in [-0.1, -0.05) is 0 Å². The predicted octanol–water partition coefficient (Wildman–Crippen LogP) is 1.79. The summed E-state index contributed by atoms with van der Waals surface area (Å²) in [7, 11) is 3.95. The van der Waals surface area contributed by atoms with Crippen molar-refractivity contribution in [2.75, 3.05) is 24.3 Å². The van der Waals surface area contributed by atoms with E-state index in [0.29, 0.717) is 0 Å². The average molecular weight is 231 g/mol. The molecule has 0 saturated heterocycles. The summed E-state index contributed by atoms with van der Waals surface area (Å²) in [6.45, 7) is 2.67. The second-order valence-electron chi connectivity index (χ2n) is 4.15. The molecule has 0 aliphatic carbocycles. The van der Waals surface area contributed by atoms with Gasteiger partial charge in [0, 0.05) is 14.1 Å². The minimum Gasteiger partial charge on any atom is -0.378 e. The lowest BCUT2D eigenvalue weighted by atomic mass is 10.3. The highest BCUT2D eigenvalue weighted by atomic mass is 15.1. The Bertz CT molecular complexity index is 472. The fourth-order valence-electron chi connectivity index (χ4n) is 1.51. The first-order chi connectivity index (χ1) is 8.15. The van der Waals surface area contributed by atoms with E-state index in [1.54, 1.807) is 0 Å². The number of nitrogens with zero attached hydrogens (tertiary/aromatic N) is 3. The van der Waals surface area contributed by atoms with Crippen LogP contribution < -0.4 is 10.2 Å². The molecule has 2 aromatic rings. The number of hydrogen-bond acceptors (Lipinski definition) is 4. The van der Waals surface area contributed by atoms with Crippen molar-refractivity contribution in [2.24, 2.45) is 0 Å². The molecule has 2 N–H and O–H groups in total. The highest BCUT2D eigenvalue weighted by molar-refractivity contribution is 5.47. The Morgan fingerprint density at radius 2 is 2.06 bits per heavy atom. The molecular weight excluding hydrogens is 214 g/mol. The first-order valence-corrected chi connectivity index (χ1v) is 5.53. The summed E-state index contributed by atoms with van der Waals surface area (Å²) in [5.74, 6) is 1.89. The number of H-pyrrole nitrogens is 1. The first-order valence-electron chi connectivity index (χ1n) is 5.53. The third-order valence-electron chi connectivity index (χ3n) is 2.44. The number of rotatable bonds is 4. The molecule has 0 radical (unpaired) electrons. The molecule has 0 saturated carbocycles. The second kappa shape index (κ2) is 4.86. The molecule has 2 rings (SSSR count). The van der Waals surface area contributed by atoms with Crippen molar-refractivity contribution in [3.63, 3.8) is 0 Å². The molecule has 0 atom stereocenters. The molecule has 0 fully saturated rings. The van der Waals surface area contributed by atoms with Crippen LogP contribution >= 0.6 is 0 Å². The van der Waals surface area contributed by atoms with E-state index in [-0.39, 0.29) is 0 Å². The quantitative estimate of drug-likeness (QED) is 0.842. The van der Waals surface area contributed by atoms with Gasteiger partial charge in [-0.2, -0.15) is 0 Å². The molecule has 0 spiro atoms. The third-order valence-corrected chi connectivity index (χ3v) is 2.44. The van der Waals surface area contributed by atoms with Crippen molar-refractivity contribution in [3.05, 3.63) is 36.0 Å². The summed E-state index contributed by atoms with van der Waals surface area (Å²) in [5.41, 5.74) is 2.07. The van der Waals surface area contributed by atoms with E-state index in [9.17, 15) is 0 Å². The van der Waals surface area contributed by atoms with Crippen LogP contribution in [0.3, 0.4) is 0 Å². The maximum absolute atomic E-state index is 4.33. The van der Waals surface area contributed by atoms with Gasteiger partial charge in [0.2, 0.25) is 0 Å². The number of nitrogens with one attached hydrogen (secondary N) is 2. The van der Waals surface area contributed by atoms with E-state index in [0.717, 1.165) is 29.6 Å². The second-order valence-corrected chi connectivity index (χ2v) is 4.15. The number of aromatic nitrogens is 3. The maximum atomic E-state index is 4.33. The van der Waals surface area contributed by atoms with Gasteiger partial charge in [0.25, 0.3) is 0 Å². The van der Waals surface area contributed by atoms with Crippen molar-refractivity contribution >= 4 is 11.5 Å². The van der Waals surface area contributed by atoms with Gasteiger partial charge in [0.1, 0.15) is 11.6 Å². The normalized spacial score (nSPS) is 10.3. The monoisotopic (exact) mass is 231 g/mol. The van der Waals surface area contributed by atoms with Crippen LogP contribution in [-0.4, -0.2) is 29.0 Å². The summed E-state index contributed by atoms with van der Waals surface area (Å²) >= 11 is 0. The molecule has 5 heteroatoms. The fraction of sp³-hybridized carbons (Fsp3) is 0.333. The molecule has 0 amide bonds. The van der Waals surface area contributed by atoms with Gasteiger partial charge in [-0.05, 0) is 19.1 Å². The van der Waals surface area contributed by atoms with Gasteiger partial charge >= 0.3 is 0 Å². The molecule has 0 aromatic carbocycles. The zero-order valence-corrected chi connectivity index (χ0v) is 10.4. The zero-order valence-electron chi connectivity index (χ0n) is 10.4. The van der Waals surface area contributed by atoms with Gasteiger partial charge in [-0.25, -0.2) is 9.97 Å². The maximum Gasteiger partial charge on any atom is 0.128 e. The lowest BCUT2D eigenvalue weighted by Gasteiger charge is -2.11. The smallest absolute Gasteiger partial charge is 0.128 e. The molecule has 0 aliphatic rings. The average Bonchev–Trinajstić information content (AvgIpc) is 2.73. The lowest BCUT2D eigenvalue weighted by molar-refractivity contribution is 1.03. The SMILES string of the molecule is Cc1ncc(CNc2ccc(N(C)C)nc2)[nH]1. The van der Waals surface area contributed by atoms with Crippen molar-refractivity contribution in [1.29, 1.82) is 0 Å². The lowest BCUT2D eigenvalue weighted by Crippen LogP contribution is -2.10. The molecule has 17 heavy (non-hydrogen) atoms. The van der Waals surface area contributed by atoms with Crippen molar-refractivity contribution in [1.82, 2.24) is 15.0 Å². The van der Waals surface area contributed by atoms with Crippen molar-refractivity contribution < 1.29 is 0 Å². The summed E-state index contributed by atoms with van der Waals surface area (Å²) in [6, 6.07) is 4.01. The third kappa shape index (κ3) is 2.96. The summed E-state index contributed by atoms with van der Waals surface area (Å²) < 4.78 is 0. The van der Waals surface area contributed by atoms with Gasteiger partial charge in [0.05, 0.1) is 30.3 Å². The zero-order chi connectivity index (χ0) is 12.3. The van der Waals surface area contributed by atoms with Crippen LogP contribution in [0.25, 0.3) is 0 Å². The Labute approximate surface area is 101 Å². The van der Waals surface area contributed by atoms with Crippen LogP contribution in [0.1, 0.15) is 11.5 Å². The van der Waals surface area contributed by atoms with E-state index in [2.05, 4.69) is 20.3 Å². The predicted molar refractivity (Wildman–Crippen MR) is 69.2 cm³/mol. The van der Waals surface area contributed by atoms with Gasteiger partial charge in [0.15, 0.2) is 0 Å². The minimum atomic E-state index is 0.726. The minimum absolute atomic E-state index is 0.726. The van der Waals surface area contributed by atoms with E-state index in [1.807, 2.05) is 50.4 Å². The van der Waals surface area contributed by atoms with E-state index >= 15 is 0 Å². The summed E-state index contributed by atoms with van der Waals surface area (Å²) in [6.07, 6.45) is 3.67. The fourth-order valence-corrected chi connectivity index (χ4v) is 1.51. The molecule has 5 nitrogen and oxygen atoms in total. The van der Waals surface area contributed by atoms with E-state index in [4.69, 9.17) is 0 Å². The van der Waals surface area contributed by atoms with Gasteiger partial charge in [-0.3, -0.25) is 0 Å². The number of aromatic amines is 1. The Morgan fingerprint density at radius 1 is 1.24 bits per heavy atom. The standard InChI is InChI=1S/C12H17N5/c1-9-13-7-11(16-9)8-14-10-4-5-12(15-6-10)17(2)3/h4-7,14H,8H2,1-3H3,(H,13,16). The number of hydrogen-bond donors (Lipinski definition) is 2. The first kappa shape index (κ1) is 11.4. The highest BCUT2D eigenvalue weighted by Crippen LogP contribution is 2.12. The Balaban J connectivity index is 1.95. The molecule has 0 unspecified atom stereocenters. The van der Waals surface area contributed by atoms with Crippen molar-refractivity contribution in [2.45, 2.75) is 13.5 Å². The number of pyridine rings is 1. The van der Waals surface area contributed by atoms with E-state index < -0.39 is 0 Å². The van der Waals surface area contributed by atoms with Crippen LogP contribution in [0, 0.1) is 6.92 Å². The molecule has 2 aromatic heterocycles. The molecule has 2 heterocycles. The van der Waals surface area contributed by atoms with Crippen LogP contribution in [-0.2, 0) is 6.54 Å². The Kier molecular flexibility index (Phi) is 3.27. The summed E-state index contributed by atoms with van der Waals surface area (Å²) in [5, 5.41) is 3.29. The Hall–Kier alpha value is -2.04. The Morgan fingerprint density at radius 3 is 2.59 bits per heavy atom. The van der Waals surface area contributed by atoms with Crippen molar-refractivity contribution in [3.8, 4) is 0 Å². The van der Waals surface area contributed by atoms with Crippen LogP contribution in [0.4, 0.5) is 11.5 Å². The molecule has 90 valence electrons.